The molecule has 6 rings (SSSR count). The molecular formula is C27H27N7O2S. The van der Waals surface area contributed by atoms with Gasteiger partial charge in [0.2, 0.25) is 5.91 Å². The van der Waals surface area contributed by atoms with Crippen LogP contribution < -0.4 is 10.6 Å². The minimum Gasteiger partial charge on any atom is -0.361 e. The van der Waals surface area contributed by atoms with Gasteiger partial charge < -0.3 is 15.6 Å². The van der Waals surface area contributed by atoms with Gasteiger partial charge in [0.1, 0.15) is 4.83 Å². The number of pyridine rings is 1. The van der Waals surface area contributed by atoms with Gasteiger partial charge >= 0.3 is 0 Å². The van der Waals surface area contributed by atoms with E-state index in [2.05, 4.69) is 50.5 Å². The SMILES string of the molecule is Cc1ncc(NC(=O)CN2CC(C)(C)C2)cc1NC(=O)c1cnn2cc(-c3c[nH]c4ccccc34)sc12. The number of aromatic amines is 1. The smallest absolute Gasteiger partial charge is 0.260 e. The summed E-state index contributed by atoms with van der Waals surface area (Å²) in [5, 5.41) is 11.4. The predicted molar refractivity (Wildman–Crippen MR) is 146 cm³/mol. The molecule has 5 heterocycles. The van der Waals surface area contributed by atoms with Gasteiger partial charge in [-0.15, -0.1) is 11.3 Å². The predicted octanol–water partition coefficient (Wildman–Crippen LogP) is 4.78. The van der Waals surface area contributed by atoms with Crippen LogP contribution in [0, 0.1) is 12.3 Å². The second-order valence-corrected chi connectivity index (χ2v) is 11.4. The number of hydrogen-bond donors (Lipinski definition) is 3. The van der Waals surface area contributed by atoms with Crippen molar-refractivity contribution in [3.63, 3.8) is 0 Å². The molecule has 1 aliphatic heterocycles. The fourth-order valence-corrected chi connectivity index (χ4v) is 6.03. The number of aromatic nitrogens is 4. The molecule has 0 spiro atoms. The van der Waals surface area contributed by atoms with Gasteiger partial charge in [-0.05, 0) is 24.5 Å². The van der Waals surface area contributed by atoms with Crippen molar-refractivity contribution in [2.45, 2.75) is 20.8 Å². The second-order valence-electron chi connectivity index (χ2n) is 10.3. The number of thiazole rings is 1. The van der Waals surface area contributed by atoms with Crippen molar-refractivity contribution in [1.82, 2.24) is 24.5 Å². The Morgan fingerprint density at radius 1 is 1.16 bits per heavy atom. The molecule has 0 unspecified atom stereocenters. The molecule has 0 radical (unpaired) electrons. The minimum absolute atomic E-state index is 0.0971. The second kappa shape index (κ2) is 8.82. The van der Waals surface area contributed by atoms with Gasteiger partial charge in [-0.1, -0.05) is 32.0 Å². The maximum atomic E-state index is 13.3. The van der Waals surface area contributed by atoms with E-state index in [1.807, 2.05) is 37.5 Å². The lowest BCUT2D eigenvalue weighted by molar-refractivity contribution is -0.120. The van der Waals surface area contributed by atoms with Crippen LogP contribution in [0.3, 0.4) is 0 Å². The number of amides is 2. The summed E-state index contributed by atoms with van der Waals surface area (Å²) in [5.74, 6) is -0.376. The van der Waals surface area contributed by atoms with Crippen LogP contribution in [-0.2, 0) is 4.79 Å². The van der Waals surface area contributed by atoms with Crippen molar-refractivity contribution in [2.24, 2.45) is 5.41 Å². The fraction of sp³-hybridized carbons (Fsp3) is 0.259. The van der Waals surface area contributed by atoms with E-state index >= 15 is 0 Å². The first-order valence-corrected chi connectivity index (χ1v) is 12.9. The molecule has 5 aromatic rings. The number of nitrogens with one attached hydrogen (secondary N) is 3. The van der Waals surface area contributed by atoms with E-state index in [1.54, 1.807) is 23.0 Å². The van der Waals surface area contributed by atoms with Gasteiger partial charge in [0.25, 0.3) is 5.91 Å². The average Bonchev–Trinajstić information content (AvgIpc) is 3.53. The number of benzene rings is 1. The van der Waals surface area contributed by atoms with Gasteiger partial charge in [0.15, 0.2) is 0 Å². The Morgan fingerprint density at radius 2 is 1.97 bits per heavy atom. The quantitative estimate of drug-likeness (QED) is 0.303. The molecule has 188 valence electrons. The number of H-pyrrole nitrogens is 1. The number of hydrogen-bond acceptors (Lipinski definition) is 6. The van der Waals surface area contributed by atoms with Crippen molar-refractivity contribution >= 4 is 50.3 Å². The Labute approximate surface area is 217 Å². The molecule has 0 saturated carbocycles. The number of rotatable bonds is 6. The highest BCUT2D eigenvalue weighted by atomic mass is 32.1. The molecule has 1 fully saturated rings. The van der Waals surface area contributed by atoms with Gasteiger partial charge in [0, 0.05) is 41.9 Å². The Bertz CT molecular complexity index is 1650. The van der Waals surface area contributed by atoms with E-state index in [4.69, 9.17) is 0 Å². The van der Waals surface area contributed by atoms with E-state index in [0.717, 1.165) is 39.3 Å². The normalized spacial score (nSPS) is 15.1. The Kier molecular flexibility index (Phi) is 5.58. The first-order chi connectivity index (χ1) is 17.8. The molecule has 10 heteroatoms. The van der Waals surface area contributed by atoms with Crippen LogP contribution in [0.25, 0.3) is 26.2 Å². The fourth-order valence-electron chi connectivity index (χ4n) is 4.94. The van der Waals surface area contributed by atoms with Crippen LogP contribution in [0.4, 0.5) is 11.4 Å². The van der Waals surface area contributed by atoms with E-state index in [9.17, 15) is 9.59 Å². The van der Waals surface area contributed by atoms with Gasteiger partial charge in [0.05, 0.1) is 46.4 Å². The molecule has 1 aromatic carbocycles. The number of carbonyl (C=O) groups excluding carboxylic acids is 2. The monoisotopic (exact) mass is 513 g/mol. The first kappa shape index (κ1) is 23.4. The molecule has 1 saturated heterocycles. The summed E-state index contributed by atoms with van der Waals surface area (Å²) in [6, 6.07) is 9.86. The number of para-hydroxylation sites is 1. The zero-order valence-corrected chi connectivity index (χ0v) is 21.6. The third kappa shape index (κ3) is 4.49. The maximum Gasteiger partial charge on any atom is 0.260 e. The van der Waals surface area contributed by atoms with E-state index in [-0.39, 0.29) is 17.2 Å². The highest BCUT2D eigenvalue weighted by molar-refractivity contribution is 7.21. The molecule has 1 aliphatic rings. The zero-order valence-electron chi connectivity index (χ0n) is 20.8. The zero-order chi connectivity index (χ0) is 25.7. The summed E-state index contributed by atoms with van der Waals surface area (Å²) < 4.78 is 1.73. The molecule has 0 aliphatic carbocycles. The van der Waals surface area contributed by atoms with Crippen LogP contribution in [0.15, 0.2) is 55.1 Å². The summed E-state index contributed by atoms with van der Waals surface area (Å²) in [6.45, 7) is 8.33. The number of fused-ring (bicyclic) bond motifs is 2. The van der Waals surface area contributed by atoms with E-state index in [0.29, 0.717) is 29.2 Å². The lowest BCUT2D eigenvalue weighted by atomic mass is 9.84. The third-order valence-corrected chi connectivity index (χ3v) is 7.73. The first-order valence-electron chi connectivity index (χ1n) is 12.1. The number of carbonyl (C=O) groups is 2. The van der Waals surface area contributed by atoms with Crippen LogP contribution >= 0.6 is 11.3 Å². The van der Waals surface area contributed by atoms with Crippen molar-refractivity contribution in [3.8, 4) is 10.4 Å². The van der Waals surface area contributed by atoms with Gasteiger partial charge in [-0.2, -0.15) is 5.10 Å². The molecular weight excluding hydrogens is 486 g/mol. The third-order valence-electron chi connectivity index (χ3n) is 6.58. The lowest BCUT2D eigenvalue weighted by Gasteiger charge is -2.45. The topological polar surface area (TPSA) is 107 Å². The van der Waals surface area contributed by atoms with Crippen LogP contribution in [0.1, 0.15) is 29.9 Å². The number of nitrogens with zero attached hydrogens (tertiary/aromatic N) is 4. The highest BCUT2D eigenvalue weighted by Gasteiger charge is 2.34. The summed E-state index contributed by atoms with van der Waals surface area (Å²) in [5.41, 5.74) is 4.62. The number of likely N-dealkylation sites (tertiary alicyclic amines) is 1. The van der Waals surface area contributed by atoms with Crippen molar-refractivity contribution in [2.75, 3.05) is 30.3 Å². The standard InChI is InChI=1S/C27H27N7O2S/c1-16-22(8-17(9-28-16)31-24(35)13-33-14-27(2,3)15-33)32-25(36)20-11-30-34-12-23(37-26(20)34)19-10-29-21-7-5-4-6-18(19)21/h4-12,29H,13-15H2,1-3H3,(H,31,35)(H,32,36). The van der Waals surface area contributed by atoms with Gasteiger partial charge in [-0.25, -0.2) is 4.52 Å². The van der Waals surface area contributed by atoms with Crippen molar-refractivity contribution in [3.05, 3.63) is 66.4 Å². The van der Waals surface area contributed by atoms with E-state index < -0.39 is 0 Å². The van der Waals surface area contributed by atoms with Crippen LogP contribution in [0.2, 0.25) is 0 Å². The van der Waals surface area contributed by atoms with Crippen LogP contribution in [0.5, 0.6) is 0 Å². The molecule has 2 amide bonds. The summed E-state index contributed by atoms with van der Waals surface area (Å²) in [7, 11) is 0. The summed E-state index contributed by atoms with van der Waals surface area (Å²) in [4.78, 5) is 37.3. The van der Waals surface area contributed by atoms with Gasteiger partial charge in [-0.3, -0.25) is 19.5 Å². The molecule has 4 aromatic heterocycles. The number of anilines is 2. The minimum atomic E-state index is -0.279. The molecule has 3 N–H and O–H groups in total. The van der Waals surface area contributed by atoms with E-state index in [1.165, 1.54) is 11.3 Å². The summed E-state index contributed by atoms with van der Waals surface area (Å²) in [6.07, 6.45) is 7.10. The average molecular weight is 514 g/mol. The number of aryl methyl sites for hydroxylation is 1. The van der Waals surface area contributed by atoms with Crippen molar-refractivity contribution < 1.29 is 9.59 Å². The summed E-state index contributed by atoms with van der Waals surface area (Å²) >= 11 is 1.51. The molecule has 9 nitrogen and oxygen atoms in total. The van der Waals surface area contributed by atoms with Crippen molar-refractivity contribution in [1.29, 1.82) is 0 Å². The maximum absolute atomic E-state index is 13.3. The lowest BCUT2D eigenvalue weighted by Crippen LogP contribution is -2.54. The Morgan fingerprint density at radius 3 is 2.78 bits per heavy atom. The Balaban J connectivity index is 1.19. The molecule has 0 atom stereocenters. The Hall–Kier alpha value is -4.02. The highest BCUT2D eigenvalue weighted by Crippen LogP contribution is 2.35. The largest absolute Gasteiger partial charge is 0.361 e. The molecule has 37 heavy (non-hydrogen) atoms. The van der Waals surface area contributed by atoms with Crippen LogP contribution in [-0.4, -0.2) is 55.9 Å². The molecule has 0 bridgehead atoms.